The van der Waals surface area contributed by atoms with E-state index in [4.69, 9.17) is 0 Å². The molecule has 5 nitrogen and oxygen atoms in total. The quantitative estimate of drug-likeness (QED) is 0.831. The van der Waals surface area contributed by atoms with Crippen molar-refractivity contribution >= 4 is 17.5 Å². The molecule has 0 spiro atoms. The van der Waals surface area contributed by atoms with Crippen LogP contribution in [0.25, 0.3) is 0 Å². The van der Waals surface area contributed by atoms with Gasteiger partial charge in [0.2, 0.25) is 5.95 Å². The molecule has 0 saturated heterocycles. The Morgan fingerprint density at radius 3 is 2.17 bits per heavy atom. The third-order valence-electron chi connectivity index (χ3n) is 3.75. The average Bonchev–Trinajstić information content (AvgIpc) is 2.51. The molecule has 0 radical (unpaired) electrons. The molecule has 0 saturated carbocycles. The van der Waals surface area contributed by atoms with Crippen molar-refractivity contribution in [2.75, 3.05) is 23.3 Å². The number of hydrogen-bond acceptors (Lipinski definition) is 5. The Bertz CT molecular complexity index is 625. The van der Waals surface area contributed by atoms with E-state index in [1.54, 1.807) is 6.20 Å². The van der Waals surface area contributed by atoms with E-state index in [0.29, 0.717) is 5.95 Å². The summed E-state index contributed by atoms with van der Waals surface area (Å²) in [5, 5.41) is 11.7. The van der Waals surface area contributed by atoms with E-state index in [-0.39, 0.29) is 0 Å². The highest BCUT2D eigenvalue weighted by atomic mass is 15.3. The van der Waals surface area contributed by atoms with Crippen LogP contribution in [0, 0.1) is 20.8 Å². The fraction of sp³-hybridized carbons (Fsp3) is 0.500. The fourth-order valence-corrected chi connectivity index (χ4v) is 2.85. The Hall–Kier alpha value is -2.17. The summed E-state index contributed by atoms with van der Waals surface area (Å²) in [6.07, 6.45) is 3.81. The zero-order valence-corrected chi connectivity index (χ0v) is 14.8. The van der Waals surface area contributed by atoms with Crippen molar-refractivity contribution in [2.24, 2.45) is 0 Å². The lowest BCUT2D eigenvalue weighted by atomic mass is 10.1. The van der Waals surface area contributed by atoms with Crippen molar-refractivity contribution < 1.29 is 0 Å². The van der Waals surface area contributed by atoms with Gasteiger partial charge in [0.15, 0.2) is 5.82 Å². The fourth-order valence-electron chi connectivity index (χ4n) is 2.85. The first kappa shape index (κ1) is 17.2. The Morgan fingerprint density at radius 1 is 1.00 bits per heavy atom. The Morgan fingerprint density at radius 2 is 1.61 bits per heavy atom. The molecule has 0 bridgehead atoms. The van der Waals surface area contributed by atoms with Crippen LogP contribution in [0.5, 0.6) is 0 Å². The SMILES string of the molecule is CCCN(CCC)c1nncc(Nc2c(C)cc(C)cc2C)n1. The average molecular weight is 313 g/mol. The van der Waals surface area contributed by atoms with Crippen LogP contribution in [0.3, 0.4) is 0 Å². The number of nitrogens with one attached hydrogen (secondary N) is 1. The highest BCUT2D eigenvalue weighted by Gasteiger charge is 2.11. The minimum Gasteiger partial charge on any atom is -0.339 e. The number of rotatable bonds is 7. The molecule has 0 aliphatic rings. The van der Waals surface area contributed by atoms with Crippen LogP contribution in [0.15, 0.2) is 18.3 Å². The second kappa shape index (κ2) is 7.90. The minimum atomic E-state index is 0.695. The van der Waals surface area contributed by atoms with Crippen LogP contribution in [-0.4, -0.2) is 28.3 Å². The molecule has 1 aromatic carbocycles. The van der Waals surface area contributed by atoms with Crippen molar-refractivity contribution in [3.8, 4) is 0 Å². The molecule has 0 aliphatic carbocycles. The number of benzene rings is 1. The molecule has 5 heteroatoms. The van der Waals surface area contributed by atoms with E-state index in [9.17, 15) is 0 Å². The monoisotopic (exact) mass is 313 g/mol. The third kappa shape index (κ3) is 4.41. The van der Waals surface area contributed by atoms with Crippen molar-refractivity contribution in [1.29, 1.82) is 0 Å². The third-order valence-corrected chi connectivity index (χ3v) is 3.75. The molecule has 1 N–H and O–H groups in total. The minimum absolute atomic E-state index is 0.695. The van der Waals surface area contributed by atoms with E-state index in [1.165, 1.54) is 16.7 Å². The highest BCUT2D eigenvalue weighted by Crippen LogP contribution is 2.25. The van der Waals surface area contributed by atoms with E-state index >= 15 is 0 Å². The van der Waals surface area contributed by atoms with Gasteiger partial charge in [0.25, 0.3) is 0 Å². The topological polar surface area (TPSA) is 53.9 Å². The van der Waals surface area contributed by atoms with Gasteiger partial charge in [-0.2, -0.15) is 10.1 Å². The molecule has 0 atom stereocenters. The summed E-state index contributed by atoms with van der Waals surface area (Å²) < 4.78 is 0. The first-order valence-electron chi connectivity index (χ1n) is 8.34. The Balaban J connectivity index is 2.26. The molecule has 0 unspecified atom stereocenters. The molecule has 23 heavy (non-hydrogen) atoms. The van der Waals surface area contributed by atoms with Crippen molar-refractivity contribution in [3.63, 3.8) is 0 Å². The van der Waals surface area contributed by atoms with Gasteiger partial charge in [0.05, 0.1) is 6.20 Å². The maximum atomic E-state index is 4.65. The first-order chi connectivity index (χ1) is 11.0. The van der Waals surface area contributed by atoms with E-state index in [0.717, 1.165) is 37.4 Å². The lowest BCUT2D eigenvalue weighted by Gasteiger charge is -2.21. The Kier molecular flexibility index (Phi) is 5.90. The summed E-state index contributed by atoms with van der Waals surface area (Å²) in [5.74, 6) is 1.43. The van der Waals surface area contributed by atoms with Crippen LogP contribution in [0.1, 0.15) is 43.4 Å². The van der Waals surface area contributed by atoms with Crippen LogP contribution in [0.4, 0.5) is 17.5 Å². The molecular weight excluding hydrogens is 286 g/mol. The van der Waals surface area contributed by atoms with Gasteiger partial charge in [0, 0.05) is 18.8 Å². The standard InChI is InChI=1S/C18H27N5/c1-6-8-23(9-7-2)18-21-16(12-19-22-18)20-17-14(4)10-13(3)11-15(17)5/h10-12H,6-9H2,1-5H3,(H,20,21,22). The number of aryl methyl sites for hydroxylation is 3. The van der Waals surface area contributed by atoms with Gasteiger partial charge in [-0.15, -0.1) is 5.10 Å². The second-order valence-electron chi connectivity index (χ2n) is 6.03. The van der Waals surface area contributed by atoms with Gasteiger partial charge in [0.1, 0.15) is 0 Å². The first-order valence-corrected chi connectivity index (χ1v) is 8.34. The van der Waals surface area contributed by atoms with Gasteiger partial charge < -0.3 is 10.2 Å². The predicted molar refractivity (Wildman–Crippen MR) is 96.6 cm³/mol. The molecule has 1 heterocycles. The predicted octanol–water partition coefficient (Wildman–Crippen LogP) is 4.17. The molecule has 0 fully saturated rings. The normalized spacial score (nSPS) is 10.7. The van der Waals surface area contributed by atoms with E-state index in [1.807, 2.05) is 0 Å². The zero-order valence-electron chi connectivity index (χ0n) is 14.8. The molecule has 0 aliphatic heterocycles. The lowest BCUT2D eigenvalue weighted by Crippen LogP contribution is -2.27. The maximum Gasteiger partial charge on any atom is 0.247 e. The van der Waals surface area contributed by atoms with Gasteiger partial charge >= 0.3 is 0 Å². The van der Waals surface area contributed by atoms with Crippen molar-refractivity contribution in [1.82, 2.24) is 15.2 Å². The van der Waals surface area contributed by atoms with Crippen LogP contribution in [-0.2, 0) is 0 Å². The highest BCUT2D eigenvalue weighted by molar-refractivity contribution is 5.65. The summed E-state index contributed by atoms with van der Waals surface area (Å²) in [4.78, 5) is 6.84. The molecule has 1 aromatic heterocycles. The smallest absolute Gasteiger partial charge is 0.247 e. The van der Waals surface area contributed by atoms with E-state index in [2.05, 4.69) is 72.1 Å². The molecular formula is C18H27N5. The van der Waals surface area contributed by atoms with Crippen molar-refractivity contribution in [3.05, 3.63) is 35.0 Å². The summed E-state index contributed by atoms with van der Waals surface area (Å²) in [7, 11) is 0. The number of anilines is 3. The maximum absolute atomic E-state index is 4.65. The molecule has 2 aromatic rings. The van der Waals surface area contributed by atoms with Gasteiger partial charge in [-0.1, -0.05) is 31.5 Å². The summed E-state index contributed by atoms with van der Waals surface area (Å²) in [6.45, 7) is 12.6. The van der Waals surface area contributed by atoms with Crippen LogP contribution >= 0.6 is 0 Å². The number of hydrogen-bond donors (Lipinski definition) is 1. The van der Waals surface area contributed by atoms with Gasteiger partial charge in [-0.3, -0.25) is 0 Å². The van der Waals surface area contributed by atoms with Crippen molar-refractivity contribution in [2.45, 2.75) is 47.5 Å². The molecule has 0 amide bonds. The molecule has 124 valence electrons. The second-order valence-corrected chi connectivity index (χ2v) is 6.03. The van der Waals surface area contributed by atoms with Gasteiger partial charge in [-0.05, 0) is 44.7 Å². The zero-order chi connectivity index (χ0) is 16.8. The van der Waals surface area contributed by atoms with Crippen LogP contribution < -0.4 is 10.2 Å². The lowest BCUT2D eigenvalue weighted by molar-refractivity contribution is 0.711. The Labute approximate surface area is 139 Å². The van der Waals surface area contributed by atoms with E-state index < -0.39 is 0 Å². The largest absolute Gasteiger partial charge is 0.339 e. The molecule has 2 rings (SSSR count). The summed E-state index contributed by atoms with van der Waals surface area (Å²) >= 11 is 0. The number of aromatic nitrogens is 3. The summed E-state index contributed by atoms with van der Waals surface area (Å²) in [5.41, 5.74) is 4.78. The summed E-state index contributed by atoms with van der Waals surface area (Å²) in [6, 6.07) is 4.34. The number of nitrogens with zero attached hydrogens (tertiary/aromatic N) is 4. The van der Waals surface area contributed by atoms with Crippen LogP contribution in [0.2, 0.25) is 0 Å². The van der Waals surface area contributed by atoms with Gasteiger partial charge in [-0.25, -0.2) is 0 Å².